The van der Waals surface area contributed by atoms with Crippen LogP contribution in [-0.4, -0.2) is 29.0 Å². The second-order valence-corrected chi connectivity index (χ2v) is 7.30. The number of nitrogens with zero attached hydrogens (tertiary/aromatic N) is 1. The molecule has 0 radical (unpaired) electrons. The average Bonchev–Trinajstić information content (AvgIpc) is 3.23. The third kappa shape index (κ3) is 2.55. The molecule has 4 nitrogen and oxygen atoms in total. The Morgan fingerprint density at radius 2 is 2.27 bits per heavy atom. The molecule has 2 N–H and O–H groups in total. The van der Waals surface area contributed by atoms with Crippen LogP contribution >= 0.6 is 11.3 Å². The second kappa shape index (κ2) is 5.48. The van der Waals surface area contributed by atoms with Gasteiger partial charge in [0.2, 0.25) is 0 Å². The van der Waals surface area contributed by atoms with Crippen LogP contribution in [0.1, 0.15) is 34.6 Å². The molecule has 22 heavy (non-hydrogen) atoms. The molecule has 4 heterocycles. The van der Waals surface area contributed by atoms with Crippen molar-refractivity contribution in [1.82, 2.24) is 15.6 Å². The highest BCUT2D eigenvalue weighted by Crippen LogP contribution is 2.30. The number of pyridine rings is 1. The van der Waals surface area contributed by atoms with Crippen molar-refractivity contribution in [3.63, 3.8) is 0 Å². The second-order valence-electron chi connectivity index (χ2n) is 6.21. The van der Waals surface area contributed by atoms with Crippen molar-refractivity contribution in [3.8, 4) is 10.4 Å². The van der Waals surface area contributed by atoms with Crippen LogP contribution in [0.3, 0.4) is 0 Å². The van der Waals surface area contributed by atoms with Gasteiger partial charge in [-0.1, -0.05) is 0 Å². The van der Waals surface area contributed by atoms with Crippen molar-refractivity contribution in [2.24, 2.45) is 0 Å². The molecule has 4 rings (SSSR count). The summed E-state index contributed by atoms with van der Waals surface area (Å²) in [6.45, 7) is 1.98. The molecular weight excluding hydrogens is 294 g/mol. The number of hydrogen-bond acceptors (Lipinski definition) is 4. The van der Waals surface area contributed by atoms with E-state index in [1.807, 2.05) is 37.4 Å². The van der Waals surface area contributed by atoms with Crippen molar-refractivity contribution in [2.45, 2.75) is 44.3 Å². The fraction of sp³-hybridized carbons (Fsp3) is 0.412. The zero-order valence-electron chi connectivity index (χ0n) is 12.5. The van der Waals surface area contributed by atoms with E-state index in [-0.39, 0.29) is 5.91 Å². The van der Waals surface area contributed by atoms with Gasteiger partial charge in [0.1, 0.15) is 0 Å². The van der Waals surface area contributed by atoms with E-state index in [0.29, 0.717) is 18.1 Å². The van der Waals surface area contributed by atoms with E-state index in [2.05, 4.69) is 15.6 Å². The van der Waals surface area contributed by atoms with E-state index in [1.165, 1.54) is 12.8 Å². The fourth-order valence-electron chi connectivity index (χ4n) is 3.54. The minimum atomic E-state index is 0.0568. The first kappa shape index (κ1) is 13.9. The maximum atomic E-state index is 12.4. The van der Waals surface area contributed by atoms with Crippen LogP contribution in [0.25, 0.3) is 10.4 Å². The summed E-state index contributed by atoms with van der Waals surface area (Å²) in [5, 5.41) is 6.75. The van der Waals surface area contributed by atoms with Crippen molar-refractivity contribution in [1.29, 1.82) is 0 Å². The van der Waals surface area contributed by atoms with Gasteiger partial charge in [-0.3, -0.25) is 9.78 Å². The largest absolute Gasteiger partial charge is 0.347 e. The maximum absolute atomic E-state index is 12.4. The van der Waals surface area contributed by atoms with E-state index >= 15 is 0 Å². The summed E-state index contributed by atoms with van der Waals surface area (Å²) in [5.74, 6) is 0.0568. The number of aromatic nitrogens is 1. The first-order valence-electron chi connectivity index (χ1n) is 7.79. The van der Waals surface area contributed by atoms with Gasteiger partial charge in [0.05, 0.1) is 4.88 Å². The molecule has 2 aromatic heterocycles. The van der Waals surface area contributed by atoms with Crippen LogP contribution in [0.2, 0.25) is 0 Å². The summed E-state index contributed by atoms with van der Waals surface area (Å²) in [6, 6.07) is 9.34. The number of fused-ring (bicyclic) bond motifs is 2. The highest BCUT2D eigenvalue weighted by atomic mass is 32.1. The van der Waals surface area contributed by atoms with Crippen molar-refractivity contribution in [3.05, 3.63) is 41.0 Å². The molecule has 3 atom stereocenters. The van der Waals surface area contributed by atoms with E-state index in [0.717, 1.165) is 27.4 Å². The molecule has 0 aromatic carbocycles. The number of nitrogens with one attached hydrogen (secondary N) is 2. The molecule has 1 amide bonds. The Kier molecular flexibility index (Phi) is 3.47. The Bertz CT molecular complexity index is 711. The van der Waals surface area contributed by atoms with Gasteiger partial charge >= 0.3 is 0 Å². The van der Waals surface area contributed by atoms with E-state index < -0.39 is 0 Å². The number of aryl methyl sites for hydroxylation is 1. The fourth-order valence-corrected chi connectivity index (χ4v) is 4.44. The van der Waals surface area contributed by atoms with Gasteiger partial charge in [-0.05, 0) is 56.0 Å². The Labute approximate surface area is 134 Å². The SMILES string of the molecule is Cc1cc(-c2ccc(C(=O)N[C@@H]3C[C@H]4CC[C@@H]3N4)s2)ccn1. The standard InChI is InChI=1S/C17H19N3OS/c1-10-8-11(6-7-18-10)15-4-5-16(22-15)17(21)20-14-9-12-2-3-13(14)19-12/h4-8,12-14,19H,2-3,9H2,1H3,(H,20,21)/t12-,13+,14-/m1/s1. The van der Waals surface area contributed by atoms with Gasteiger partial charge in [-0.15, -0.1) is 11.3 Å². The third-order valence-electron chi connectivity index (χ3n) is 4.63. The highest BCUT2D eigenvalue weighted by Gasteiger charge is 2.39. The number of carbonyl (C=O) groups excluding carboxylic acids is 1. The number of amides is 1. The molecule has 2 aromatic rings. The lowest BCUT2D eigenvalue weighted by molar-refractivity contribution is 0.0935. The molecule has 2 aliphatic rings. The summed E-state index contributed by atoms with van der Waals surface area (Å²) in [4.78, 5) is 18.6. The summed E-state index contributed by atoms with van der Waals surface area (Å²) >= 11 is 1.55. The van der Waals surface area contributed by atoms with Crippen LogP contribution in [0, 0.1) is 6.92 Å². The van der Waals surface area contributed by atoms with E-state index in [1.54, 1.807) is 11.3 Å². The zero-order chi connectivity index (χ0) is 15.1. The maximum Gasteiger partial charge on any atom is 0.261 e. The highest BCUT2D eigenvalue weighted by molar-refractivity contribution is 7.17. The molecule has 0 saturated carbocycles. The Hall–Kier alpha value is -1.72. The van der Waals surface area contributed by atoms with Crippen molar-refractivity contribution >= 4 is 17.2 Å². The number of hydrogen-bond donors (Lipinski definition) is 2. The number of thiophene rings is 1. The molecule has 114 valence electrons. The van der Waals surface area contributed by atoms with Crippen molar-refractivity contribution in [2.75, 3.05) is 0 Å². The average molecular weight is 313 g/mol. The van der Waals surface area contributed by atoms with Crippen LogP contribution in [-0.2, 0) is 0 Å². The Morgan fingerprint density at radius 3 is 3.00 bits per heavy atom. The van der Waals surface area contributed by atoms with Crippen LogP contribution in [0.5, 0.6) is 0 Å². The third-order valence-corrected chi connectivity index (χ3v) is 5.76. The van der Waals surface area contributed by atoms with Gasteiger partial charge in [0.25, 0.3) is 5.91 Å². The van der Waals surface area contributed by atoms with Crippen LogP contribution < -0.4 is 10.6 Å². The monoisotopic (exact) mass is 313 g/mol. The predicted octanol–water partition coefficient (Wildman–Crippen LogP) is 2.74. The lowest BCUT2D eigenvalue weighted by atomic mass is 9.95. The molecule has 5 heteroatoms. The molecule has 2 aliphatic heterocycles. The van der Waals surface area contributed by atoms with E-state index in [9.17, 15) is 4.79 Å². The van der Waals surface area contributed by atoms with Gasteiger partial charge in [0.15, 0.2) is 0 Å². The molecular formula is C17H19N3OS. The first-order valence-corrected chi connectivity index (χ1v) is 8.60. The Balaban J connectivity index is 1.48. The first-order chi connectivity index (χ1) is 10.7. The topological polar surface area (TPSA) is 54.0 Å². The smallest absolute Gasteiger partial charge is 0.261 e. The summed E-state index contributed by atoms with van der Waals surface area (Å²) in [7, 11) is 0. The molecule has 2 fully saturated rings. The summed E-state index contributed by atoms with van der Waals surface area (Å²) in [5.41, 5.74) is 2.11. The summed E-state index contributed by atoms with van der Waals surface area (Å²) < 4.78 is 0. The van der Waals surface area contributed by atoms with Gasteiger partial charge in [-0.25, -0.2) is 0 Å². The number of rotatable bonds is 3. The van der Waals surface area contributed by atoms with Crippen LogP contribution in [0.4, 0.5) is 0 Å². The molecule has 2 saturated heterocycles. The zero-order valence-corrected chi connectivity index (χ0v) is 13.3. The minimum absolute atomic E-state index is 0.0568. The normalized spacial score (nSPS) is 26.3. The van der Waals surface area contributed by atoms with Gasteiger partial charge in [-0.2, -0.15) is 0 Å². The lowest BCUT2D eigenvalue weighted by Crippen LogP contribution is -2.42. The summed E-state index contributed by atoms with van der Waals surface area (Å²) in [6.07, 6.45) is 5.31. The van der Waals surface area contributed by atoms with Crippen LogP contribution in [0.15, 0.2) is 30.5 Å². The Morgan fingerprint density at radius 1 is 1.36 bits per heavy atom. The van der Waals surface area contributed by atoms with Crippen molar-refractivity contribution < 1.29 is 4.79 Å². The quantitative estimate of drug-likeness (QED) is 0.916. The van der Waals surface area contributed by atoms with Gasteiger partial charge in [0, 0.05) is 34.9 Å². The minimum Gasteiger partial charge on any atom is -0.347 e. The molecule has 0 unspecified atom stereocenters. The van der Waals surface area contributed by atoms with Gasteiger partial charge < -0.3 is 10.6 Å². The molecule has 0 spiro atoms. The lowest BCUT2D eigenvalue weighted by Gasteiger charge is -2.20. The molecule has 2 bridgehead atoms. The predicted molar refractivity (Wildman–Crippen MR) is 88.1 cm³/mol. The van der Waals surface area contributed by atoms with E-state index in [4.69, 9.17) is 0 Å². The number of carbonyl (C=O) groups is 1. The molecule has 0 aliphatic carbocycles.